The SMILES string of the molecule is C=CN=C1C(C)=CCC=C/C1=C/C.CCC. The van der Waals surface area contributed by atoms with Gasteiger partial charge in [-0.05, 0) is 31.4 Å². The Kier molecular flexibility index (Phi) is 8.14. The highest BCUT2D eigenvalue weighted by atomic mass is 14.7. The van der Waals surface area contributed by atoms with Gasteiger partial charge in [0, 0.05) is 6.20 Å². The Bertz CT molecular complexity index is 327. The second-order valence-electron chi connectivity index (χ2n) is 3.64. The fourth-order valence-electron chi connectivity index (χ4n) is 1.34. The minimum Gasteiger partial charge on any atom is -0.257 e. The molecule has 0 aromatic rings. The summed E-state index contributed by atoms with van der Waals surface area (Å²) < 4.78 is 0. The Morgan fingerprint density at radius 1 is 1.44 bits per heavy atom. The summed E-state index contributed by atoms with van der Waals surface area (Å²) in [5.41, 5.74) is 3.43. The molecule has 1 heteroatoms. The van der Waals surface area contributed by atoms with E-state index in [1.165, 1.54) is 17.6 Å². The fraction of sp³-hybridized carbons (Fsp3) is 0.400. The van der Waals surface area contributed by atoms with Gasteiger partial charge in [0.25, 0.3) is 0 Å². The molecule has 0 amide bonds. The fourth-order valence-corrected chi connectivity index (χ4v) is 1.34. The third-order valence-electron chi connectivity index (χ3n) is 2.04. The zero-order valence-corrected chi connectivity index (χ0v) is 11.0. The predicted octanol–water partition coefficient (Wildman–Crippen LogP) is 4.84. The summed E-state index contributed by atoms with van der Waals surface area (Å²) in [5, 5.41) is 0. The Labute approximate surface area is 100.0 Å². The summed E-state index contributed by atoms with van der Waals surface area (Å²) in [6.45, 7) is 12.0. The molecular formula is C15H23N. The Morgan fingerprint density at radius 2 is 2.06 bits per heavy atom. The molecule has 0 atom stereocenters. The smallest absolute Gasteiger partial charge is 0.0724 e. The molecule has 88 valence electrons. The van der Waals surface area contributed by atoms with Crippen molar-refractivity contribution in [1.29, 1.82) is 0 Å². The van der Waals surface area contributed by atoms with E-state index in [2.05, 4.69) is 56.6 Å². The van der Waals surface area contributed by atoms with Crippen LogP contribution in [0.25, 0.3) is 0 Å². The maximum atomic E-state index is 4.27. The zero-order chi connectivity index (χ0) is 12.4. The number of aliphatic imine (C=N–C) groups is 1. The lowest BCUT2D eigenvalue weighted by molar-refractivity contribution is 1.09. The molecule has 0 N–H and O–H groups in total. The van der Waals surface area contributed by atoms with Crippen LogP contribution >= 0.6 is 0 Å². The van der Waals surface area contributed by atoms with Crippen LogP contribution in [0.1, 0.15) is 40.5 Å². The Hall–Kier alpha value is -1.37. The van der Waals surface area contributed by atoms with Crippen LogP contribution in [0.3, 0.4) is 0 Å². The first-order valence-corrected chi connectivity index (χ1v) is 5.90. The van der Waals surface area contributed by atoms with Crippen molar-refractivity contribution in [2.24, 2.45) is 4.99 Å². The van der Waals surface area contributed by atoms with Crippen molar-refractivity contribution in [3.63, 3.8) is 0 Å². The van der Waals surface area contributed by atoms with E-state index < -0.39 is 0 Å². The highest BCUT2D eigenvalue weighted by Crippen LogP contribution is 2.15. The molecular weight excluding hydrogens is 194 g/mol. The van der Waals surface area contributed by atoms with Crippen molar-refractivity contribution < 1.29 is 0 Å². The zero-order valence-electron chi connectivity index (χ0n) is 11.0. The largest absolute Gasteiger partial charge is 0.257 e. The van der Waals surface area contributed by atoms with Crippen LogP contribution in [0.15, 0.2) is 53.2 Å². The van der Waals surface area contributed by atoms with Gasteiger partial charge >= 0.3 is 0 Å². The van der Waals surface area contributed by atoms with Gasteiger partial charge in [0.2, 0.25) is 0 Å². The second-order valence-corrected chi connectivity index (χ2v) is 3.64. The van der Waals surface area contributed by atoms with Gasteiger partial charge in [-0.1, -0.05) is 51.2 Å². The second kappa shape index (κ2) is 8.90. The molecule has 1 nitrogen and oxygen atoms in total. The summed E-state index contributed by atoms with van der Waals surface area (Å²) in [4.78, 5) is 4.27. The average molecular weight is 217 g/mol. The van der Waals surface area contributed by atoms with E-state index >= 15 is 0 Å². The molecule has 0 saturated heterocycles. The maximum Gasteiger partial charge on any atom is 0.0724 e. The molecule has 0 fully saturated rings. The number of hydrogen-bond acceptors (Lipinski definition) is 1. The third kappa shape index (κ3) is 4.92. The molecule has 0 aliphatic heterocycles. The van der Waals surface area contributed by atoms with Gasteiger partial charge in [0.1, 0.15) is 0 Å². The highest BCUT2D eigenvalue weighted by molar-refractivity contribution is 6.14. The van der Waals surface area contributed by atoms with Gasteiger partial charge in [-0.3, -0.25) is 4.99 Å². The summed E-state index contributed by atoms with van der Waals surface area (Å²) >= 11 is 0. The van der Waals surface area contributed by atoms with Crippen LogP contribution in [0.5, 0.6) is 0 Å². The molecule has 1 aliphatic rings. The predicted molar refractivity (Wildman–Crippen MR) is 74.9 cm³/mol. The Balaban J connectivity index is 0.000000673. The minimum atomic E-state index is 0.985. The monoisotopic (exact) mass is 217 g/mol. The van der Waals surface area contributed by atoms with Crippen LogP contribution in [0, 0.1) is 0 Å². The van der Waals surface area contributed by atoms with Crippen LogP contribution in [0.2, 0.25) is 0 Å². The van der Waals surface area contributed by atoms with E-state index in [-0.39, 0.29) is 0 Å². The summed E-state index contributed by atoms with van der Waals surface area (Å²) in [6.07, 6.45) is 12.3. The first-order valence-electron chi connectivity index (χ1n) is 5.90. The maximum absolute atomic E-state index is 4.27. The number of hydrogen-bond donors (Lipinski definition) is 0. The molecule has 0 radical (unpaired) electrons. The van der Waals surface area contributed by atoms with Gasteiger partial charge in [-0.15, -0.1) is 0 Å². The van der Waals surface area contributed by atoms with Crippen molar-refractivity contribution in [2.45, 2.75) is 40.5 Å². The quantitative estimate of drug-likeness (QED) is 0.596. The average Bonchev–Trinajstić information content (AvgIpc) is 2.44. The van der Waals surface area contributed by atoms with Gasteiger partial charge in [-0.2, -0.15) is 0 Å². The number of nitrogens with zero attached hydrogens (tertiary/aromatic N) is 1. The number of allylic oxidation sites excluding steroid dienone is 6. The molecule has 0 spiro atoms. The van der Waals surface area contributed by atoms with E-state index in [1.807, 2.05) is 6.92 Å². The van der Waals surface area contributed by atoms with E-state index in [0.29, 0.717) is 0 Å². The first kappa shape index (κ1) is 14.6. The molecule has 0 unspecified atom stereocenters. The van der Waals surface area contributed by atoms with Crippen molar-refractivity contribution in [2.75, 3.05) is 0 Å². The molecule has 0 bridgehead atoms. The first-order chi connectivity index (χ1) is 7.71. The van der Waals surface area contributed by atoms with Crippen molar-refractivity contribution in [1.82, 2.24) is 0 Å². The topological polar surface area (TPSA) is 12.4 Å². The normalized spacial score (nSPS) is 19.9. The van der Waals surface area contributed by atoms with Crippen molar-refractivity contribution >= 4 is 5.71 Å². The summed E-state index contributed by atoms with van der Waals surface area (Å²) in [5.74, 6) is 0. The van der Waals surface area contributed by atoms with Gasteiger partial charge in [-0.25, -0.2) is 0 Å². The molecule has 0 heterocycles. The molecule has 0 aromatic carbocycles. The van der Waals surface area contributed by atoms with Crippen molar-refractivity contribution in [3.05, 3.63) is 48.2 Å². The molecule has 16 heavy (non-hydrogen) atoms. The number of rotatable bonds is 1. The van der Waals surface area contributed by atoms with Crippen LogP contribution in [-0.4, -0.2) is 5.71 Å². The Morgan fingerprint density at radius 3 is 2.56 bits per heavy atom. The van der Waals surface area contributed by atoms with Gasteiger partial charge < -0.3 is 0 Å². The van der Waals surface area contributed by atoms with E-state index in [1.54, 1.807) is 6.20 Å². The minimum absolute atomic E-state index is 0.985. The standard InChI is InChI=1S/C12H15N.C3H8/c1-4-11-9-7-6-8-10(3)12(11)13-5-2;1-3-2/h4-5,7-9H,2,6H2,1,3H3;3H2,1-2H3/b11-4-,13-12?;. The molecule has 0 aromatic heterocycles. The van der Waals surface area contributed by atoms with E-state index in [4.69, 9.17) is 0 Å². The van der Waals surface area contributed by atoms with Crippen LogP contribution < -0.4 is 0 Å². The lowest BCUT2D eigenvalue weighted by Crippen LogP contribution is -2.01. The summed E-state index contributed by atoms with van der Waals surface area (Å²) in [6, 6.07) is 0. The van der Waals surface area contributed by atoms with Crippen molar-refractivity contribution in [3.8, 4) is 0 Å². The van der Waals surface area contributed by atoms with Crippen LogP contribution in [0.4, 0.5) is 0 Å². The van der Waals surface area contributed by atoms with Gasteiger partial charge in [0.05, 0.1) is 5.71 Å². The van der Waals surface area contributed by atoms with Crippen LogP contribution in [-0.2, 0) is 0 Å². The molecule has 1 aliphatic carbocycles. The lowest BCUT2D eigenvalue weighted by Gasteiger charge is -2.04. The lowest BCUT2D eigenvalue weighted by atomic mass is 10.0. The molecule has 1 rings (SSSR count). The summed E-state index contributed by atoms with van der Waals surface area (Å²) in [7, 11) is 0. The molecule has 0 saturated carbocycles. The van der Waals surface area contributed by atoms with E-state index in [0.717, 1.165) is 12.1 Å². The van der Waals surface area contributed by atoms with Gasteiger partial charge in [0.15, 0.2) is 0 Å². The highest BCUT2D eigenvalue weighted by Gasteiger charge is 2.06. The van der Waals surface area contributed by atoms with E-state index in [9.17, 15) is 0 Å². The third-order valence-corrected chi connectivity index (χ3v) is 2.04.